The normalized spacial score (nSPS) is 14.6. The fraction of sp³-hybridized carbons (Fsp3) is 0.263. The minimum absolute atomic E-state index is 0.888. The summed E-state index contributed by atoms with van der Waals surface area (Å²) in [4.78, 5) is 0. The van der Waals surface area contributed by atoms with Gasteiger partial charge in [-0.1, -0.05) is 24.3 Å². The molecule has 0 saturated carbocycles. The molecule has 1 aliphatic rings. The van der Waals surface area contributed by atoms with Gasteiger partial charge in [0.05, 0.1) is 5.52 Å². The molecule has 0 spiro atoms. The van der Waals surface area contributed by atoms with Crippen LogP contribution in [0.5, 0.6) is 11.5 Å². The van der Waals surface area contributed by atoms with Crippen molar-refractivity contribution in [2.24, 2.45) is 7.05 Å². The quantitative estimate of drug-likeness (QED) is 0.780. The molecule has 0 aliphatic carbocycles. The number of rotatable bonds is 2. The maximum Gasteiger partial charge on any atom is 0.137 e. The second-order valence-corrected chi connectivity index (χ2v) is 5.80. The lowest BCUT2D eigenvalue weighted by atomic mass is 10.1. The Morgan fingerprint density at radius 3 is 2.64 bits per heavy atom. The van der Waals surface area contributed by atoms with Crippen molar-refractivity contribution in [1.82, 2.24) is 9.88 Å². The van der Waals surface area contributed by atoms with Crippen molar-refractivity contribution in [2.45, 2.75) is 12.8 Å². The second-order valence-electron chi connectivity index (χ2n) is 5.80. The number of hydrogen-bond donors (Lipinski definition) is 1. The number of aryl methyl sites for hydroxylation is 1. The van der Waals surface area contributed by atoms with E-state index in [-0.39, 0.29) is 0 Å². The number of ether oxygens (including phenoxy) is 1. The summed E-state index contributed by atoms with van der Waals surface area (Å²) in [6, 6.07) is 16.4. The van der Waals surface area contributed by atoms with Gasteiger partial charge < -0.3 is 14.6 Å². The Hall–Kier alpha value is -2.26. The zero-order valence-corrected chi connectivity index (χ0v) is 12.8. The summed E-state index contributed by atoms with van der Waals surface area (Å²) in [6.07, 6.45) is 2.13. The Kier molecular flexibility index (Phi) is 3.35. The highest BCUT2D eigenvalue weighted by molar-refractivity contribution is 5.91. The average Bonchev–Trinajstić information content (AvgIpc) is 2.71. The Morgan fingerprint density at radius 1 is 0.955 bits per heavy atom. The van der Waals surface area contributed by atoms with Crippen molar-refractivity contribution in [3.8, 4) is 11.5 Å². The molecule has 0 unspecified atom stereocenters. The molecular weight excluding hydrogens is 272 g/mol. The van der Waals surface area contributed by atoms with Crippen LogP contribution < -0.4 is 10.1 Å². The van der Waals surface area contributed by atoms with E-state index in [0.717, 1.165) is 37.4 Å². The van der Waals surface area contributed by atoms with Crippen LogP contribution in [-0.2, 0) is 19.9 Å². The number of benzene rings is 2. The van der Waals surface area contributed by atoms with Gasteiger partial charge in [-0.2, -0.15) is 0 Å². The van der Waals surface area contributed by atoms with Crippen molar-refractivity contribution in [3.63, 3.8) is 0 Å². The largest absolute Gasteiger partial charge is 0.457 e. The van der Waals surface area contributed by atoms with E-state index in [9.17, 15) is 0 Å². The smallest absolute Gasteiger partial charge is 0.137 e. The monoisotopic (exact) mass is 292 g/mol. The van der Waals surface area contributed by atoms with Crippen molar-refractivity contribution < 1.29 is 4.74 Å². The Labute approximate surface area is 130 Å². The van der Waals surface area contributed by atoms with Gasteiger partial charge in [-0.05, 0) is 42.8 Å². The molecule has 1 aliphatic heterocycles. The first-order chi connectivity index (χ1) is 10.8. The fourth-order valence-corrected chi connectivity index (χ4v) is 3.43. The molecule has 0 saturated heterocycles. The molecule has 1 aromatic heterocycles. The van der Waals surface area contributed by atoms with Crippen molar-refractivity contribution in [2.75, 3.05) is 13.1 Å². The number of hydrogen-bond acceptors (Lipinski definition) is 2. The van der Waals surface area contributed by atoms with E-state index in [2.05, 4.69) is 35.1 Å². The minimum atomic E-state index is 0.888. The summed E-state index contributed by atoms with van der Waals surface area (Å²) in [6.45, 7) is 2.08. The van der Waals surface area contributed by atoms with Gasteiger partial charge in [0.15, 0.2) is 0 Å². The molecule has 3 aromatic rings. The molecule has 2 aromatic carbocycles. The van der Waals surface area contributed by atoms with E-state index >= 15 is 0 Å². The highest BCUT2D eigenvalue weighted by Gasteiger charge is 2.20. The minimum Gasteiger partial charge on any atom is -0.457 e. The number of nitrogens with zero attached hydrogens (tertiary/aromatic N) is 1. The molecule has 112 valence electrons. The summed E-state index contributed by atoms with van der Waals surface area (Å²) in [7, 11) is 2.17. The molecule has 4 rings (SSSR count). The summed E-state index contributed by atoms with van der Waals surface area (Å²) >= 11 is 0. The number of aromatic nitrogens is 1. The third kappa shape index (κ3) is 2.18. The average molecular weight is 292 g/mol. The van der Waals surface area contributed by atoms with Crippen molar-refractivity contribution in [1.29, 1.82) is 0 Å². The summed E-state index contributed by atoms with van der Waals surface area (Å²) < 4.78 is 8.51. The van der Waals surface area contributed by atoms with Crippen LogP contribution in [0.25, 0.3) is 10.9 Å². The Bertz CT molecular complexity index is 805. The zero-order valence-electron chi connectivity index (χ0n) is 12.8. The van der Waals surface area contributed by atoms with Gasteiger partial charge in [0.1, 0.15) is 11.5 Å². The SMILES string of the molecule is Cn1c2c(c3c(Oc4ccccc4)cccc31)CCNCC2. The van der Waals surface area contributed by atoms with Gasteiger partial charge in [-0.3, -0.25) is 0 Å². The second kappa shape index (κ2) is 5.50. The Balaban J connectivity index is 1.88. The highest BCUT2D eigenvalue weighted by Crippen LogP contribution is 2.36. The van der Waals surface area contributed by atoms with Crippen LogP contribution in [0.4, 0.5) is 0 Å². The van der Waals surface area contributed by atoms with Crippen LogP contribution in [0, 0.1) is 0 Å². The molecule has 0 amide bonds. The lowest BCUT2D eigenvalue weighted by Crippen LogP contribution is -2.17. The van der Waals surface area contributed by atoms with E-state index in [1.165, 1.54) is 22.2 Å². The van der Waals surface area contributed by atoms with E-state index in [0.29, 0.717) is 0 Å². The van der Waals surface area contributed by atoms with Gasteiger partial charge in [0, 0.05) is 31.1 Å². The Morgan fingerprint density at radius 2 is 1.77 bits per heavy atom. The maximum absolute atomic E-state index is 6.18. The standard InChI is InChI=1S/C19H20N2O/c1-21-16-11-13-20-12-10-15(16)19-17(21)8-5-9-18(19)22-14-6-3-2-4-7-14/h2-9,20H,10-13H2,1H3. The van der Waals surface area contributed by atoms with Crippen LogP contribution in [0.1, 0.15) is 11.3 Å². The van der Waals surface area contributed by atoms with Crippen molar-refractivity contribution >= 4 is 10.9 Å². The third-order valence-electron chi connectivity index (χ3n) is 4.48. The lowest BCUT2D eigenvalue weighted by molar-refractivity contribution is 0.488. The molecule has 0 fully saturated rings. The van der Waals surface area contributed by atoms with Crippen molar-refractivity contribution in [3.05, 3.63) is 59.8 Å². The van der Waals surface area contributed by atoms with Gasteiger partial charge in [-0.15, -0.1) is 0 Å². The van der Waals surface area contributed by atoms with Crippen LogP contribution >= 0.6 is 0 Å². The number of nitrogens with one attached hydrogen (secondary N) is 1. The van der Waals surface area contributed by atoms with Crippen LogP contribution in [-0.4, -0.2) is 17.7 Å². The molecular formula is C19H20N2O. The van der Waals surface area contributed by atoms with Crippen LogP contribution in [0.15, 0.2) is 48.5 Å². The van der Waals surface area contributed by atoms with E-state index in [4.69, 9.17) is 4.74 Å². The maximum atomic E-state index is 6.18. The third-order valence-corrected chi connectivity index (χ3v) is 4.48. The van der Waals surface area contributed by atoms with Gasteiger partial charge in [0.2, 0.25) is 0 Å². The molecule has 2 heterocycles. The van der Waals surface area contributed by atoms with Gasteiger partial charge in [-0.25, -0.2) is 0 Å². The molecule has 3 heteroatoms. The zero-order chi connectivity index (χ0) is 14.9. The van der Waals surface area contributed by atoms with Gasteiger partial charge >= 0.3 is 0 Å². The lowest BCUT2D eigenvalue weighted by Gasteiger charge is -2.09. The molecule has 0 radical (unpaired) electrons. The topological polar surface area (TPSA) is 26.2 Å². The van der Waals surface area contributed by atoms with Crippen LogP contribution in [0.3, 0.4) is 0 Å². The molecule has 22 heavy (non-hydrogen) atoms. The van der Waals surface area contributed by atoms with Crippen LogP contribution in [0.2, 0.25) is 0 Å². The molecule has 1 N–H and O–H groups in total. The summed E-state index contributed by atoms with van der Waals surface area (Å²) in [5.41, 5.74) is 4.14. The fourth-order valence-electron chi connectivity index (χ4n) is 3.43. The molecule has 0 bridgehead atoms. The number of fused-ring (bicyclic) bond motifs is 3. The molecule has 3 nitrogen and oxygen atoms in total. The first-order valence-corrected chi connectivity index (χ1v) is 7.87. The predicted molar refractivity (Wildman–Crippen MR) is 89.7 cm³/mol. The van der Waals surface area contributed by atoms with E-state index < -0.39 is 0 Å². The van der Waals surface area contributed by atoms with Gasteiger partial charge in [0.25, 0.3) is 0 Å². The van der Waals surface area contributed by atoms with E-state index in [1.807, 2.05) is 30.3 Å². The first-order valence-electron chi connectivity index (χ1n) is 7.87. The number of para-hydroxylation sites is 1. The predicted octanol–water partition coefficient (Wildman–Crippen LogP) is 3.66. The summed E-state index contributed by atoms with van der Waals surface area (Å²) in [5, 5.41) is 4.76. The highest BCUT2D eigenvalue weighted by atomic mass is 16.5. The first kappa shape index (κ1) is 13.4. The molecule has 0 atom stereocenters. The summed E-state index contributed by atoms with van der Waals surface area (Å²) in [5.74, 6) is 1.85. The van der Waals surface area contributed by atoms with E-state index in [1.54, 1.807) is 0 Å².